The maximum absolute atomic E-state index is 11.9. The van der Waals surface area contributed by atoms with Crippen LogP contribution in [0.4, 0.5) is 0 Å². The average molecular weight is 438 g/mol. The predicted molar refractivity (Wildman–Crippen MR) is 129 cm³/mol. The van der Waals surface area contributed by atoms with Crippen LogP contribution in [0.15, 0.2) is 18.2 Å². The molecule has 0 radical (unpaired) electrons. The molecule has 4 unspecified atom stereocenters. The molecule has 3 heteroatoms. The van der Waals surface area contributed by atoms with E-state index in [-0.39, 0.29) is 16.2 Å². The Bertz CT molecular complexity index is 912. The van der Waals surface area contributed by atoms with Crippen LogP contribution < -0.4 is 4.74 Å². The van der Waals surface area contributed by atoms with Crippen LogP contribution in [-0.4, -0.2) is 41.8 Å². The fourth-order valence-corrected chi connectivity index (χ4v) is 8.98. The van der Waals surface area contributed by atoms with Crippen molar-refractivity contribution in [2.24, 2.45) is 28.6 Å². The molecule has 1 saturated heterocycles. The molecular formula is C29H43NO2. The van der Waals surface area contributed by atoms with Gasteiger partial charge < -0.3 is 9.84 Å². The number of ether oxygens (including phenoxy) is 1. The van der Waals surface area contributed by atoms with E-state index in [4.69, 9.17) is 4.74 Å². The molecule has 6 atom stereocenters. The first kappa shape index (κ1) is 21.5. The number of nitrogens with zero attached hydrogens (tertiary/aromatic N) is 1. The van der Waals surface area contributed by atoms with E-state index < -0.39 is 5.60 Å². The van der Waals surface area contributed by atoms with E-state index in [2.05, 4.69) is 50.8 Å². The van der Waals surface area contributed by atoms with Gasteiger partial charge in [0.15, 0.2) is 0 Å². The lowest BCUT2D eigenvalue weighted by atomic mass is 9.35. The Kier molecular flexibility index (Phi) is 4.53. The summed E-state index contributed by atoms with van der Waals surface area (Å²) in [6, 6.07) is 7.44. The van der Waals surface area contributed by atoms with Gasteiger partial charge in [0.1, 0.15) is 5.75 Å². The van der Waals surface area contributed by atoms with E-state index >= 15 is 0 Å². The molecule has 1 N–H and O–H groups in total. The number of aliphatic hydroxyl groups is 1. The summed E-state index contributed by atoms with van der Waals surface area (Å²) >= 11 is 0. The van der Waals surface area contributed by atoms with Crippen LogP contribution in [0.25, 0.3) is 0 Å². The number of likely N-dealkylation sites (tertiary alicyclic amines) is 1. The summed E-state index contributed by atoms with van der Waals surface area (Å²) in [4.78, 5) is 2.91. The predicted octanol–water partition coefficient (Wildman–Crippen LogP) is 5.58. The van der Waals surface area contributed by atoms with E-state index in [0.29, 0.717) is 17.9 Å². The summed E-state index contributed by atoms with van der Waals surface area (Å²) < 4.78 is 6.04. The van der Waals surface area contributed by atoms with Crippen LogP contribution >= 0.6 is 0 Å². The molecule has 1 aliphatic heterocycles. The molecular weight excluding hydrogens is 394 g/mol. The van der Waals surface area contributed by atoms with Crippen LogP contribution in [0.5, 0.6) is 5.75 Å². The maximum atomic E-state index is 11.9. The van der Waals surface area contributed by atoms with Gasteiger partial charge in [-0.1, -0.05) is 32.9 Å². The van der Waals surface area contributed by atoms with Crippen molar-refractivity contribution in [3.05, 3.63) is 29.3 Å². The highest BCUT2D eigenvalue weighted by Gasteiger charge is 2.71. The molecule has 6 aliphatic rings. The minimum Gasteiger partial charge on any atom is -0.496 e. The Morgan fingerprint density at radius 1 is 1.09 bits per heavy atom. The number of piperidine rings is 1. The van der Waals surface area contributed by atoms with Crippen LogP contribution in [0.2, 0.25) is 0 Å². The van der Waals surface area contributed by atoms with Gasteiger partial charge >= 0.3 is 0 Å². The number of fused-ring (bicyclic) bond motifs is 3. The molecule has 5 fully saturated rings. The molecule has 1 heterocycles. The number of rotatable bonds is 4. The lowest BCUT2D eigenvalue weighted by Crippen LogP contribution is -2.73. The third kappa shape index (κ3) is 2.67. The first-order valence-corrected chi connectivity index (χ1v) is 13.3. The Balaban J connectivity index is 1.50. The summed E-state index contributed by atoms with van der Waals surface area (Å²) in [6.07, 6.45) is 10.3. The van der Waals surface area contributed by atoms with E-state index in [1.165, 1.54) is 58.0 Å². The second-order valence-electron chi connectivity index (χ2n) is 13.4. The van der Waals surface area contributed by atoms with E-state index in [1.807, 2.05) is 7.11 Å². The van der Waals surface area contributed by atoms with Gasteiger partial charge in [-0.2, -0.15) is 0 Å². The van der Waals surface area contributed by atoms with Gasteiger partial charge in [-0.25, -0.2) is 0 Å². The summed E-state index contributed by atoms with van der Waals surface area (Å²) in [6.45, 7) is 11.4. The Morgan fingerprint density at radius 3 is 2.56 bits per heavy atom. The van der Waals surface area contributed by atoms with Crippen molar-refractivity contribution < 1.29 is 9.84 Å². The minimum atomic E-state index is -0.636. The topological polar surface area (TPSA) is 32.7 Å². The zero-order valence-corrected chi connectivity index (χ0v) is 20.9. The molecule has 4 saturated carbocycles. The van der Waals surface area contributed by atoms with Crippen LogP contribution in [-0.2, 0) is 11.8 Å². The summed E-state index contributed by atoms with van der Waals surface area (Å²) in [5, 5.41) is 11.9. The normalized spacial score (nSPS) is 40.4. The van der Waals surface area contributed by atoms with Crippen molar-refractivity contribution in [1.82, 2.24) is 4.90 Å². The molecule has 3 nitrogen and oxygen atoms in total. The summed E-state index contributed by atoms with van der Waals surface area (Å²) in [7, 11) is 1.86. The molecule has 1 aromatic carbocycles. The van der Waals surface area contributed by atoms with Gasteiger partial charge in [-0.05, 0) is 105 Å². The van der Waals surface area contributed by atoms with Crippen molar-refractivity contribution in [2.75, 3.05) is 20.2 Å². The molecule has 0 aromatic heterocycles. The zero-order valence-electron chi connectivity index (χ0n) is 20.9. The minimum absolute atomic E-state index is 0.105. The van der Waals surface area contributed by atoms with E-state index in [0.717, 1.165) is 18.1 Å². The van der Waals surface area contributed by atoms with Crippen LogP contribution in [0.3, 0.4) is 0 Å². The second kappa shape index (κ2) is 6.75. The summed E-state index contributed by atoms with van der Waals surface area (Å²) in [5.74, 6) is 3.06. The number of methoxy groups -OCH3 is 1. The lowest BCUT2D eigenvalue weighted by molar-refractivity contribution is -0.216. The van der Waals surface area contributed by atoms with Crippen molar-refractivity contribution in [2.45, 2.75) is 96.1 Å². The van der Waals surface area contributed by atoms with Gasteiger partial charge in [0, 0.05) is 23.6 Å². The highest BCUT2D eigenvalue weighted by molar-refractivity contribution is 5.53. The standard InChI is InChI=1S/C29H43NO2/c1-26(2,3)27(4,31)22-17-28-12-11-21(22)16-29(28)13-14-30(18-19-9-10-19)24(28)15-20-7-6-8-23(32-5)25(20)29/h6-8,19,21-22,24,31H,9-18H2,1-5H3/t21?,22?,24-,27?,28?,29-/m1/s1. The lowest BCUT2D eigenvalue weighted by Gasteiger charge is -2.73. The monoisotopic (exact) mass is 437 g/mol. The van der Waals surface area contributed by atoms with Gasteiger partial charge in [-0.15, -0.1) is 0 Å². The van der Waals surface area contributed by atoms with E-state index in [9.17, 15) is 5.11 Å². The Labute approximate surface area is 194 Å². The number of benzene rings is 1. The molecule has 4 bridgehead atoms. The SMILES string of the molecule is COc1cccc2c1[C@]13CCN(CC4CC4)[C@H](C2)C12CCC(C3)C(C(C)(O)C(C)(C)C)C2. The number of hydrogen-bond acceptors (Lipinski definition) is 3. The van der Waals surface area contributed by atoms with Crippen LogP contribution in [0.1, 0.15) is 83.8 Å². The van der Waals surface area contributed by atoms with Gasteiger partial charge in [0.2, 0.25) is 0 Å². The zero-order chi connectivity index (χ0) is 22.5. The maximum Gasteiger partial charge on any atom is 0.122 e. The largest absolute Gasteiger partial charge is 0.496 e. The molecule has 1 aromatic rings. The van der Waals surface area contributed by atoms with Gasteiger partial charge in [0.05, 0.1) is 12.7 Å². The molecule has 5 aliphatic carbocycles. The molecule has 32 heavy (non-hydrogen) atoms. The van der Waals surface area contributed by atoms with E-state index in [1.54, 1.807) is 11.1 Å². The van der Waals surface area contributed by atoms with Crippen LogP contribution in [0, 0.1) is 28.6 Å². The van der Waals surface area contributed by atoms with Crippen molar-refractivity contribution in [1.29, 1.82) is 0 Å². The van der Waals surface area contributed by atoms with Crippen molar-refractivity contribution >= 4 is 0 Å². The Hall–Kier alpha value is -1.06. The smallest absolute Gasteiger partial charge is 0.122 e. The van der Waals surface area contributed by atoms with Crippen molar-refractivity contribution in [3.8, 4) is 5.75 Å². The first-order valence-electron chi connectivity index (χ1n) is 13.3. The highest BCUT2D eigenvalue weighted by Crippen LogP contribution is 2.73. The third-order valence-corrected chi connectivity index (χ3v) is 11.2. The van der Waals surface area contributed by atoms with Crippen molar-refractivity contribution in [3.63, 3.8) is 0 Å². The fourth-order valence-electron chi connectivity index (χ4n) is 8.98. The fraction of sp³-hybridized carbons (Fsp3) is 0.793. The molecule has 7 rings (SSSR count). The van der Waals surface area contributed by atoms with Gasteiger partial charge in [0.25, 0.3) is 0 Å². The summed E-state index contributed by atoms with van der Waals surface area (Å²) in [5.41, 5.74) is 2.87. The quantitative estimate of drug-likeness (QED) is 0.668. The highest BCUT2D eigenvalue weighted by atomic mass is 16.5. The number of hydrogen-bond donors (Lipinski definition) is 1. The Morgan fingerprint density at radius 2 is 1.88 bits per heavy atom. The molecule has 1 spiro atoms. The molecule has 176 valence electrons. The first-order chi connectivity index (χ1) is 15.1. The van der Waals surface area contributed by atoms with Gasteiger partial charge in [-0.3, -0.25) is 4.90 Å². The molecule has 0 amide bonds. The average Bonchev–Trinajstić information content (AvgIpc) is 3.57. The third-order valence-electron chi connectivity index (χ3n) is 11.2. The second-order valence-corrected chi connectivity index (χ2v) is 13.4.